The average Bonchev–Trinajstić information content (AvgIpc) is 2.60. The number of amides is 2. The number of alkyl carbamates (subject to hydrolysis) is 1. The summed E-state index contributed by atoms with van der Waals surface area (Å²) in [6.07, 6.45) is 1.13. The van der Waals surface area contributed by atoms with Gasteiger partial charge in [0, 0.05) is 17.8 Å². The van der Waals surface area contributed by atoms with Crippen molar-refractivity contribution in [3.8, 4) is 0 Å². The lowest BCUT2D eigenvalue weighted by molar-refractivity contribution is 0.1000. The molecule has 3 rings (SSSR count). The van der Waals surface area contributed by atoms with Crippen molar-refractivity contribution in [2.75, 3.05) is 5.32 Å². The molecule has 0 spiro atoms. The van der Waals surface area contributed by atoms with Crippen molar-refractivity contribution in [3.05, 3.63) is 64.7 Å². The second-order valence-electron chi connectivity index (χ2n) is 6.27. The molecule has 7 heteroatoms. The molecule has 6 nitrogen and oxygen atoms in total. The van der Waals surface area contributed by atoms with Gasteiger partial charge in [-0.1, -0.05) is 41.9 Å². The molecule has 4 N–H and O–H groups in total. The zero-order valence-electron chi connectivity index (χ0n) is 14.1. The normalized spacial score (nSPS) is 18.5. The third kappa shape index (κ3) is 4.67. The summed E-state index contributed by atoms with van der Waals surface area (Å²) in [6, 6.07) is 14.9. The van der Waals surface area contributed by atoms with Crippen LogP contribution in [0.15, 0.2) is 48.5 Å². The third-order valence-electron chi connectivity index (χ3n) is 4.28. The monoisotopic (exact) mass is 373 g/mol. The van der Waals surface area contributed by atoms with Crippen molar-refractivity contribution in [2.45, 2.75) is 31.5 Å². The van der Waals surface area contributed by atoms with Crippen LogP contribution in [-0.2, 0) is 11.3 Å². The number of hydrogen-bond acceptors (Lipinski definition) is 4. The Kier molecular flexibility index (Phi) is 5.63. The number of primary amides is 1. The van der Waals surface area contributed by atoms with Crippen molar-refractivity contribution in [1.29, 1.82) is 0 Å². The van der Waals surface area contributed by atoms with Gasteiger partial charge in [0.1, 0.15) is 6.61 Å². The lowest BCUT2D eigenvalue weighted by Gasteiger charge is -2.36. The van der Waals surface area contributed by atoms with Gasteiger partial charge in [0.15, 0.2) is 0 Å². The minimum absolute atomic E-state index is 0.0682. The van der Waals surface area contributed by atoms with Gasteiger partial charge in [-0.05, 0) is 36.6 Å². The van der Waals surface area contributed by atoms with Crippen LogP contribution in [0.5, 0.6) is 0 Å². The number of anilines is 1. The molecule has 1 fully saturated rings. The first kappa shape index (κ1) is 18.1. The minimum Gasteiger partial charge on any atom is -0.445 e. The fourth-order valence-corrected chi connectivity index (χ4v) is 3.04. The number of hydrogen-bond donors (Lipinski definition) is 3. The van der Waals surface area contributed by atoms with Crippen LogP contribution in [0.25, 0.3) is 0 Å². The maximum atomic E-state index is 11.8. The smallest absolute Gasteiger partial charge is 0.407 e. The number of rotatable bonds is 6. The number of nitrogens with one attached hydrogen (secondary N) is 2. The summed E-state index contributed by atoms with van der Waals surface area (Å²) >= 11 is 5.94. The van der Waals surface area contributed by atoms with Crippen molar-refractivity contribution < 1.29 is 14.3 Å². The molecule has 2 aromatic carbocycles. The van der Waals surface area contributed by atoms with Crippen LogP contribution in [-0.4, -0.2) is 24.1 Å². The van der Waals surface area contributed by atoms with Gasteiger partial charge in [-0.15, -0.1) is 0 Å². The predicted molar refractivity (Wildman–Crippen MR) is 100 cm³/mol. The van der Waals surface area contributed by atoms with E-state index in [1.807, 2.05) is 30.3 Å². The van der Waals surface area contributed by atoms with Gasteiger partial charge in [0.25, 0.3) is 0 Å². The topological polar surface area (TPSA) is 93.5 Å². The summed E-state index contributed by atoms with van der Waals surface area (Å²) in [5, 5.41) is 6.48. The highest BCUT2D eigenvalue weighted by Crippen LogP contribution is 2.26. The molecule has 2 amide bonds. The van der Waals surface area contributed by atoms with Gasteiger partial charge >= 0.3 is 6.09 Å². The summed E-state index contributed by atoms with van der Waals surface area (Å²) in [7, 11) is 0. The fourth-order valence-electron chi connectivity index (χ4n) is 2.82. The van der Waals surface area contributed by atoms with Crippen LogP contribution in [0, 0.1) is 0 Å². The van der Waals surface area contributed by atoms with Crippen molar-refractivity contribution in [2.24, 2.45) is 5.73 Å². The number of carbonyl (C=O) groups excluding carboxylic acids is 2. The second-order valence-corrected chi connectivity index (χ2v) is 6.68. The maximum Gasteiger partial charge on any atom is 0.407 e. The number of nitrogens with two attached hydrogens (primary N) is 1. The predicted octanol–water partition coefficient (Wildman–Crippen LogP) is 3.31. The van der Waals surface area contributed by atoms with Crippen molar-refractivity contribution in [1.82, 2.24) is 5.32 Å². The largest absolute Gasteiger partial charge is 0.445 e. The van der Waals surface area contributed by atoms with Crippen LogP contribution in [0.4, 0.5) is 10.5 Å². The number of benzene rings is 2. The van der Waals surface area contributed by atoms with E-state index in [9.17, 15) is 9.59 Å². The molecule has 0 radical (unpaired) electrons. The Labute approximate surface area is 156 Å². The molecular weight excluding hydrogens is 354 g/mol. The molecule has 26 heavy (non-hydrogen) atoms. The Morgan fingerprint density at radius 2 is 1.85 bits per heavy atom. The number of carbonyl (C=O) groups is 2. The molecule has 0 bridgehead atoms. The number of ether oxygens (including phenoxy) is 1. The Balaban J connectivity index is 1.41. The lowest BCUT2D eigenvalue weighted by Crippen LogP contribution is -2.49. The Morgan fingerprint density at radius 1 is 1.12 bits per heavy atom. The summed E-state index contributed by atoms with van der Waals surface area (Å²) in [4.78, 5) is 23.2. The standard InChI is InChI=1S/C19H20ClN3O3/c20-17-7-6-13(10-16(17)18(21)24)22-14-8-15(9-14)23-19(25)26-11-12-4-2-1-3-5-12/h1-7,10,14-15,22H,8-9,11H2,(H2,21,24)(H,23,25). The fraction of sp³-hybridized carbons (Fsp3) is 0.263. The van der Waals surface area contributed by atoms with Gasteiger partial charge < -0.3 is 21.1 Å². The molecule has 0 unspecified atom stereocenters. The van der Waals surface area contributed by atoms with E-state index in [2.05, 4.69) is 10.6 Å². The molecular formula is C19H20ClN3O3. The molecule has 136 valence electrons. The van der Waals surface area contributed by atoms with Crippen LogP contribution < -0.4 is 16.4 Å². The van der Waals surface area contributed by atoms with Crippen molar-refractivity contribution >= 4 is 29.3 Å². The zero-order chi connectivity index (χ0) is 18.5. The molecule has 0 saturated heterocycles. The Bertz CT molecular complexity index is 792. The first-order chi connectivity index (χ1) is 12.5. The highest BCUT2D eigenvalue weighted by molar-refractivity contribution is 6.33. The summed E-state index contributed by atoms with van der Waals surface area (Å²) in [5.74, 6) is -0.562. The summed E-state index contributed by atoms with van der Waals surface area (Å²) in [6.45, 7) is 0.252. The molecule has 0 aromatic heterocycles. The molecule has 0 aliphatic heterocycles. The van der Waals surface area contributed by atoms with E-state index in [1.165, 1.54) is 0 Å². The first-order valence-corrected chi connectivity index (χ1v) is 8.72. The Hall–Kier alpha value is -2.73. The van der Waals surface area contributed by atoms with Gasteiger partial charge in [0.05, 0.1) is 10.6 Å². The van der Waals surface area contributed by atoms with Crippen LogP contribution in [0.2, 0.25) is 5.02 Å². The van der Waals surface area contributed by atoms with E-state index in [4.69, 9.17) is 22.1 Å². The van der Waals surface area contributed by atoms with Crippen LogP contribution in [0.3, 0.4) is 0 Å². The number of halogens is 1. The van der Waals surface area contributed by atoms with Crippen LogP contribution in [0.1, 0.15) is 28.8 Å². The quantitative estimate of drug-likeness (QED) is 0.724. The van der Waals surface area contributed by atoms with E-state index in [1.54, 1.807) is 18.2 Å². The molecule has 1 aliphatic rings. The van der Waals surface area contributed by atoms with Gasteiger partial charge in [-0.2, -0.15) is 0 Å². The van der Waals surface area contributed by atoms with E-state index in [0.29, 0.717) is 5.02 Å². The molecule has 1 saturated carbocycles. The summed E-state index contributed by atoms with van der Waals surface area (Å²) in [5.41, 5.74) is 7.31. The molecule has 0 atom stereocenters. The van der Waals surface area contributed by atoms with Gasteiger partial charge in [0.2, 0.25) is 5.91 Å². The highest BCUT2D eigenvalue weighted by Gasteiger charge is 2.30. The first-order valence-electron chi connectivity index (χ1n) is 8.34. The third-order valence-corrected chi connectivity index (χ3v) is 4.60. The van der Waals surface area contributed by atoms with E-state index in [-0.39, 0.29) is 24.3 Å². The van der Waals surface area contributed by atoms with Gasteiger partial charge in [-0.3, -0.25) is 4.79 Å². The van der Waals surface area contributed by atoms with Crippen molar-refractivity contribution in [3.63, 3.8) is 0 Å². The van der Waals surface area contributed by atoms with E-state index < -0.39 is 12.0 Å². The van der Waals surface area contributed by atoms with Gasteiger partial charge in [-0.25, -0.2) is 4.79 Å². The lowest BCUT2D eigenvalue weighted by atomic mass is 9.86. The summed E-state index contributed by atoms with van der Waals surface area (Å²) < 4.78 is 5.21. The van der Waals surface area contributed by atoms with Crippen LogP contribution >= 0.6 is 11.6 Å². The molecule has 2 aromatic rings. The maximum absolute atomic E-state index is 11.8. The average molecular weight is 374 g/mol. The second kappa shape index (κ2) is 8.10. The zero-order valence-corrected chi connectivity index (χ0v) is 14.8. The molecule has 1 aliphatic carbocycles. The molecule has 0 heterocycles. The highest BCUT2D eigenvalue weighted by atomic mass is 35.5. The SMILES string of the molecule is NC(=O)c1cc(NC2CC(NC(=O)OCc3ccccc3)C2)ccc1Cl. The minimum atomic E-state index is -0.562. The van der Waals surface area contributed by atoms with E-state index >= 15 is 0 Å². The Morgan fingerprint density at radius 3 is 2.54 bits per heavy atom. The van der Waals surface area contributed by atoms with E-state index in [0.717, 1.165) is 24.1 Å².